The van der Waals surface area contributed by atoms with Gasteiger partial charge < -0.3 is 4.74 Å². The number of Topliss-reactive ketones (excluding diaryl/α,β-unsaturated/α-hetero) is 1. The first kappa shape index (κ1) is 18.5. The van der Waals surface area contributed by atoms with Crippen LogP contribution in [-0.2, 0) is 14.3 Å². The van der Waals surface area contributed by atoms with Gasteiger partial charge in [0.2, 0.25) is 0 Å². The Kier molecular flexibility index (Phi) is 4.51. The Balaban J connectivity index is 1.57. The highest BCUT2D eigenvalue weighted by molar-refractivity contribution is 5.82. The Morgan fingerprint density at radius 3 is 2.54 bits per heavy atom. The number of carbonyl (C=O) groups is 2. The largest absolute Gasteiger partial charge is 0.462 e. The number of hydrogen-bond acceptors (Lipinski definition) is 3. The van der Waals surface area contributed by atoms with Gasteiger partial charge in [-0.1, -0.05) is 27.7 Å². The maximum absolute atomic E-state index is 12.3. The highest BCUT2D eigenvalue weighted by atomic mass is 16.5. The molecule has 8 atom stereocenters. The first-order valence-electron chi connectivity index (χ1n) is 11.0. The summed E-state index contributed by atoms with van der Waals surface area (Å²) in [5.41, 5.74) is 0.515. The van der Waals surface area contributed by atoms with Crippen molar-refractivity contribution >= 4 is 11.8 Å². The van der Waals surface area contributed by atoms with E-state index in [1.807, 2.05) is 6.92 Å². The molecule has 4 aliphatic carbocycles. The zero-order chi connectivity index (χ0) is 18.7. The predicted molar refractivity (Wildman–Crippen MR) is 101 cm³/mol. The molecule has 0 spiro atoms. The zero-order valence-electron chi connectivity index (χ0n) is 17.1. The molecule has 26 heavy (non-hydrogen) atoms. The van der Waals surface area contributed by atoms with Crippen LogP contribution in [0.3, 0.4) is 0 Å². The van der Waals surface area contributed by atoms with Gasteiger partial charge >= 0.3 is 5.97 Å². The van der Waals surface area contributed by atoms with E-state index in [0.717, 1.165) is 31.1 Å². The molecule has 0 bridgehead atoms. The minimum atomic E-state index is -0.0331. The molecule has 0 aromatic carbocycles. The predicted octanol–water partition coefficient (Wildman–Crippen LogP) is 5.17. The molecule has 0 radical (unpaired) electrons. The van der Waals surface area contributed by atoms with E-state index < -0.39 is 0 Å². The molecule has 0 aromatic rings. The second-order valence-corrected chi connectivity index (χ2v) is 10.4. The lowest BCUT2D eigenvalue weighted by molar-refractivity contribution is -0.165. The van der Waals surface area contributed by atoms with Gasteiger partial charge in [0.1, 0.15) is 11.9 Å². The third-order valence-electron chi connectivity index (χ3n) is 9.28. The normalized spacial score (nSPS) is 50.5. The van der Waals surface area contributed by atoms with Gasteiger partial charge in [-0.15, -0.1) is 0 Å². The Bertz CT molecular complexity index is 598. The monoisotopic (exact) mass is 360 g/mol. The lowest BCUT2D eigenvalue weighted by atomic mass is 9.44. The van der Waals surface area contributed by atoms with Crippen LogP contribution in [0.2, 0.25) is 0 Å². The molecule has 4 aliphatic rings. The van der Waals surface area contributed by atoms with E-state index in [2.05, 4.69) is 20.8 Å². The molecule has 146 valence electrons. The third kappa shape index (κ3) is 2.59. The van der Waals surface area contributed by atoms with Crippen molar-refractivity contribution in [3.63, 3.8) is 0 Å². The van der Waals surface area contributed by atoms with E-state index >= 15 is 0 Å². The molecule has 0 saturated heterocycles. The molecule has 4 saturated carbocycles. The first-order valence-corrected chi connectivity index (χ1v) is 11.0. The van der Waals surface area contributed by atoms with Gasteiger partial charge in [0, 0.05) is 24.2 Å². The second-order valence-electron chi connectivity index (χ2n) is 10.4. The van der Waals surface area contributed by atoms with Crippen LogP contribution < -0.4 is 0 Å². The maximum atomic E-state index is 12.3. The highest BCUT2D eigenvalue weighted by Gasteiger charge is 2.61. The number of hydrogen-bond donors (Lipinski definition) is 0. The molecule has 0 aromatic heterocycles. The standard InChI is InChI=1S/C23H36O3/c1-5-21(25)26-20-9-8-17-16-7-6-15-12-19(24)14(2)13-23(15,4)18(16)10-11-22(17,20)3/h14-18,20H,5-13H2,1-4H3/t14-,15-,16-,17-,18-,20+,22-,23-/m0/s1. The third-order valence-corrected chi connectivity index (χ3v) is 9.28. The van der Waals surface area contributed by atoms with Gasteiger partial charge in [-0.2, -0.15) is 0 Å². The quantitative estimate of drug-likeness (QED) is 0.638. The number of ether oxygens (including phenoxy) is 1. The summed E-state index contributed by atoms with van der Waals surface area (Å²) in [5.74, 6) is 3.53. The number of esters is 1. The molecule has 3 heteroatoms. The van der Waals surface area contributed by atoms with Gasteiger partial charge in [0.05, 0.1) is 0 Å². The van der Waals surface area contributed by atoms with Crippen molar-refractivity contribution in [2.24, 2.45) is 40.4 Å². The summed E-state index contributed by atoms with van der Waals surface area (Å²) < 4.78 is 5.89. The number of fused-ring (bicyclic) bond motifs is 5. The fourth-order valence-corrected chi connectivity index (χ4v) is 7.79. The van der Waals surface area contributed by atoms with Gasteiger partial charge in [0.15, 0.2) is 0 Å². The molecule has 4 fully saturated rings. The summed E-state index contributed by atoms with van der Waals surface area (Å²) >= 11 is 0. The topological polar surface area (TPSA) is 43.4 Å². The van der Waals surface area contributed by atoms with Crippen molar-refractivity contribution in [2.45, 2.75) is 91.6 Å². The van der Waals surface area contributed by atoms with Crippen molar-refractivity contribution in [3.05, 3.63) is 0 Å². The Morgan fingerprint density at radius 1 is 1.08 bits per heavy atom. The minimum absolute atomic E-state index is 0.0331. The summed E-state index contributed by atoms with van der Waals surface area (Å²) in [6, 6.07) is 0. The molecule has 0 heterocycles. The van der Waals surface area contributed by atoms with Crippen molar-refractivity contribution in [1.82, 2.24) is 0 Å². The average molecular weight is 361 g/mol. The molecule has 4 rings (SSSR count). The van der Waals surface area contributed by atoms with Crippen LogP contribution in [0.1, 0.15) is 85.5 Å². The Labute approximate surface area is 158 Å². The van der Waals surface area contributed by atoms with Crippen LogP contribution in [-0.4, -0.2) is 17.9 Å². The van der Waals surface area contributed by atoms with Crippen LogP contribution in [0.15, 0.2) is 0 Å². The van der Waals surface area contributed by atoms with Gasteiger partial charge in [0.25, 0.3) is 0 Å². The number of carbonyl (C=O) groups excluding carboxylic acids is 2. The van der Waals surface area contributed by atoms with E-state index in [4.69, 9.17) is 4.74 Å². The molecule has 0 amide bonds. The fraction of sp³-hybridized carbons (Fsp3) is 0.913. The van der Waals surface area contributed by atoms with E-state index in [9.17, 15) is 9.59 Å². The lowest BCUT2D eigenvalue weighted by Gasteiger charge is -2.60. The summed E-state index contributed by atoms with van der Waals surface area (Å²) in [6.45, 7) is 8.94. The smallest absolute Gasteiger partial charge is 0.305 e. The van der Waals surface area contributed by atoms with Crippen molar-refractivity contribution in [2.75, 3.05) is 0 Å². The number of ketones is 1. The van der Waals surface area contributed by atoms with E-state index in [-0.39, 0.29) is 23.4 Å². The van der Waals surface area contributed by atoms with Crippen LogP contribution in [0.4, 0.5) is 0 Å². The van der Waals surface area contributed by atoms with Crippen LogP contribution in [0, 0.1) is 40.4 Å². The maximum Gasteiger partial charge on any atom is 0.305 e. The highest BCUT2D eigenvalue weighted by Crippen LogP contribution is 2.66. The fourth-order valence-electron chi connectivity index (χ4n) is 7.79. The van der Waals surface area contributed by atoms with Crippen molar-refractivity contribution in [3.8, 4) is 0 Å². The number of rotatable bonds is 2. The zero-order valence-corrected chi connectivity index (χ0v) is 17.1. The average Bonchev–Trinajstić information content (AvgIpc) is 2.93. The second kappa shape index (κ2) is 6.34. The van der Waals surface area contributed by atoms with Crippen molar-refractivity contribution < 1.29 is 14.3 Å². The van der Waals surface area contributed by atoms with Crippen LogP contribution in [0.25, 0.3) is 0 Å². The Hall–Kier alpha value is -0.860. The molecule has 0 aliphatic heterocycles. The van der Waals surface area contributed by atoms with Crippen LogP contribution in [0.5, 0.6) is 0 Å². The summed E-state index contributed by atoms with van der Waals surface area (Å²) in [6.07, 6.45) is 9.72. The van der Waals surface area contributed by atoms with Crippen molar-refractivity contribution in [1.29, 1.82) is 0 Å². The van der Waals surface area contributed by atoms with E-state index in [0.29, 0.717) is 29.5 Å². The Morgan fingerprint density at radius 2 is 1.81 bits per heavy atom. The summed E-state index contributed by atoms with van der Waals surface area (Å²) in [5, 5.41) is 0. The summed E-state index contributed by atoms with van der Waals surface area (Å²) in [7, 11) is 0. The van der Waals surface area contributed by atoms with Crippen LogP contribution >= 0.6 is 0 Å². The summed E-state index contributed by atoms with van der Waals surface area (Å²) in [4.78, 5) is 24.2. The molecular formula is C23H36O3. The minimum Gasteiger partial charge on any atom is -0.462 e. The van der Waals surface area contributed by atoms with Gasteiger partial charge in [-0.3, -0.25) is 9.59 Å². The molecule has 3 nitrogen and oxygen atoms in total. The van der Waals surface area contributed by atoms with Gasteiger partial charge in [-0.25, -0.2) is 0 Å². The first-order chi connectivity index (χ1) is 12.3. The molecular weight excluding hydrogens is 324 g/mol. The van der Waals surface area contributed by atoms with E-state index in [1.165, 1.54) is 32.1 Å². The lowest BCUT2D eigenvalue weighted by Crippen LogP contribution is -2.55. The SMILES string of the molecule is CCC(=O)O[C@@H]1CC[C@H]2[C@@H]3CC[C@H]4CC(=O)[C@@H](C)C[C@]4(C)[C@H]3CC[C@]12C. The van der Waals surface area contributed by atoms with E-state index in [1.54, 1.807) is 0 Å². The van der Waals surface area contributed by atoms with Gasteiger partial charge in [-0.05, 0) is 74.0 Å². The molecule has 0 unspecified atom stereocenters. The molecule has 0 N–H and O–H groups in total.